The fourth-order valence-corrected chi connectivity index (χ4v) is 1.48. The van der Waals surface area contributed by atoms with Gasteiger partial charge in [-0.25, -0.2) is 0 Å². The molecule has 0 heterocycles. The van der Waals surface area contributed by atoms with Crippen LogP contribution in [0.25, 0.3) is 6.08 Å². The van der Waals surface area contributed by atoms with Crippen LogP contribution in [0, 0.1) is 0 Å². The number of ether oxygens (including phenoxy) is 2. The van der Waals surface area contributed by atoms with Gasteiger partial charge < -0.3 is 14.6 Å². The zero-order valence-corrected chi connectivity index (χ0v) is 10.9. The summed E-state index contributed by atoms with van der Waals surface area (Å²) in [6.07, 6.45) is 9.65. The van der Waals surface area contributed by atoms with Crippen LogP contribution in [0.3, 0.4) is 0 Å². The average Bonchev–Trinajstić information content (AvgIpc) is 2.42. The SMILES string of the molecule is COc1cc(/C=C/C=C/CCCO)cc(OC)c1. The molecule has 0 saturated heterocycles. The lowest BCUT2D eigenvalue weighted by molar-refractivity contribution is 0.289. The van der Waals surface area contributed by atoms with Crippen LogP contribution in [0.15, 0.2) is 36.4 Å². The van der Waals surface area contributed by atoms with Crippen molar-refractivity contribution in [3.8, 4) is 11.5 Å². The second-order valence-electron chi connectivity index (χ2n) is 3.80. The van der Waals surface area contributed by atoms with E-state index in [9.17, 15) is 0 Å². The second kappa shape index (κ2) is 8.37. The number of benzene rings is 1. The molecule has 0 bridgehead atoms. The number of aliphatic hydroxyl groups is 1. The number of hydrogen-bond acceptors (Lipinski definition) is 3. The maximum absolute atomic E-state index is 8.64. The van der Waals surface area contributed by atoms with E-state index in [1.807, 2.05) is 42.5 Å². The van der Waals surface area contributed by atoms with E-state index in [0.29, 0.717) is 0 Å². The molecule has 3 nitrogen and oxygen atoms in total. The molecule has 0 aliphatic carbocycles. The highest BCUT2D eigenvalue weighted by molar-refractivity contribution is 5.56. The second-order valence-corrected chi connectivity index (χ2v) is 3.80. The summed E-state index contributed by atoms with van der Waals surface area (Å²) in [6.45, 7) is 0.237. The summed E-state index contributed by atoms with van der Waals surface area (Å²) in [6, 6.07) is 5.73. The number of hydrogen-bond donors (Lipinski definition) is 1. The molecular formula is C15H20O3. The first-order valence-electron chi connectivity index (χ1n) is 5.97. The van der Waals surface area contributed by atoms with Gasteiger partial charge in [-0.15, -0.1) is 0 Å². The van der Waals surface area contributed by atoms with Crippen LogP contribution in [-0.4, -0.2) is 25.9 Å². The van der Waals surface area contributed by atoms with Crippen molar-refractivity contribution in [3.63, 3.8) is 0 Å². The Hall–Kier alpha value is -1.74. The van der Waals surface area contributed by atoms with E-state index in [0.717, 1.165) is 29.9 Å². The molecule has 0 aromatic heterocycles. The Labute approximate surface area is 108 Å². The minimum atomic E-state index is 0.237. The Bertz CT molecular complexity index is 386. The van der Waals surface area contributed by atoms with Crippen LogP contribution >= 0.6 is 0 Å². The molecular weight excluding hydrogens is 228 g/mol. The van der Waals surface area contributed by atoms with E-state index in [-0.39, 0.29) is 6.61 Å². The van der Waals surface area contributed by atoms with Crippen LogP contribution < -0.4 is 9.47 Å². The summed E-state index contributed by atoms with van der Waals surface area (Å²) in [5.74, 6) is 1.55. The number of rotatable bonds is 7. The third-order valence-corrected chi connectivity index (χ3v) is 2.44. The normalized spacial score (nSPS) is 11.3. The Kier molecular flexibility index (Phi) is 6.66. The topological polar surface area (TPSA) is 38.7 Å². The van der Waals surface area contributed by atoms with Gasteiger partial charge in [0.15, 0.2) is 0 Å². The van der Waals surface area contributed by atoms with Crippen molar-refractivity contribution in [2.45, 2.75) is 12.8 Å². The minimum absolute atomic E-state index is 0.237. The standard InChI is InChI=1S/C15H20O3/c1-17-14-10-13(11-15(12-14)18-2)8-6-4-3-5-7-9-16/h3-4,6,8,10-12,16H,5,7,9H2,1-2H3/b4-3+,8-6+. The summed E-state index contributed by atoms with van der Waals surface area (Å²) in [5, 5.41) is 8.64. The van der Waals surface area contributed by atoms with Gasteiger partial charge in [-0.1, -0.05) is 24.3 Å². The van der Waals surface area contributed by atoms with Crippen molar-refractivity contribution in [3.05, 3.63) is 42.0 Å². The zero-order valence-electron chi connectivity index (χ0n) is 10.9. The van der Waals surface area contributed by atoms with Gasteiger partial charge in [-0.3, -0.25) is 0 Å². The first-order valence-corrected chi connectivity index (χ1v) is 5.97. The lowest BCUT2D eigenvalue weighted by Gasteiger charge is -2.05. The first kappa shape index (κ1) is 14.3. The molecule has 0 amide bonds. The molecule has 0 aliphatic rings. The quantitative estimate of drug-likeness (QED) is 0.595. The Morgan fingerprint density at radius 1 is 1.06 bits per heavy atom. The molecule has 0 spiro atoms. The van der Waals surface area contributed by atoms with Gasteiger partial charge in [0.2, 0.25) is 0 Å². The molecule has 0 atom stereocenters. The van der Waals surface area contributed by atoms with Gasteiger partial charge in [0, 0.05) is 12.7 Å². The van der Waals surface area contributed by atoms with Crippen LogP contribution in [-0.2, 0) is 0 Å². The van der Waals surface area contributed by atoms with E-state index in [4.69, 9.17) is 14.6 Å². The molecule has 98 valence electrons. The summed E-state index contributed by atoms with van der Waals surface area (Å²) in [7, 11) is 3.27. The summed E-state index contributed by atoms with van der Waals surface area (Å²) >= 11 is 0. The number of unbranched alkanes of at least 4 members (excludes halogenated alkanes) is 1. The molecule has 0 fully saturated rings. The van der Waals surface area contributed by atoms with Crippen molar-refractivity contribution in [1.29, 1.82) is 0 Å². The summed E-state index contributed by atoms with van der Waals surface area (Å²) in [4.78, 5) is 0. The van der Waals surface area contributed by atoms with E-state index in [1.54, 1.807) is 14.2 Å². The van der Waals surface area contributed by atoms with Crippen LogP contribution in [0.1, 0.15) is 18.4 Å². The lowest BCUT2D eigenvalue weighted by atomic mass is 10.2. The van der Waals surface area contributed by atoms with Gasteiger partial charge in [0.25, 0.3) is 0 Å². The molecule has 0 saturated carbocycles. The maximum Gasteiger partial charge on any atom is 0.123 e. The van der Waals surface area contributed by atoms with Gasteiger partial charge >= 0.3 is 0 Å². The van der Waals surface area contributed by atoms with Crippen molar-refractivity contribution >= 4 is 6.08 Å². The predicted octanol–water partition coefficient (Wildman–Crippen LogP) is 3.05. The highest BCUT2D eigenvalue weighted by Crippen LogP contribution is 2.23. The van der Waals surface area contributed by atoms with Gasteiger partial charge in [-0.05, 0) is 30.5 Å². The maximum atomic E-state index is 8.64. The van der Waals surface area contributed by atoms with E-state index in [1.165, 1.54) is 0 Å². The molecule has 0 aliphatic heterocycles. The molecule has 1 aromatic rings. The molecule has 1 aromatic carbocycles. The Morgan fingerprint density at radius 2 is 1.72 bits per heavy atom. The van der Waals surface area contributed by atoms with Crippen LogP contribution in [0.2, 0.25) is 0 Å². The lowest BCUT2D eigenvalue weighted by Crippen LogP contribution is -1.87. The van der Waals surface area contributed by atoms with E-state index < -0.39 is 0 Å². The van der Waals surface area contributed by atoms with E-state index in [2.05, 4.69) is 0 Å². The molecule has 0 unspecified atom stereocenters. The number of methoxy groups -OCH3 is 2. The molecule has 18 heavy (non-hydrogen) atoms. The fourth-order valence-electron chi connectivity index (χ4n) is 1.48. The van der Waals surface area contributed by atoms with Crippen LogP contribution in [0.5, 0.6) is 11.5 Å². The number of aliphatic hydroxyl groups excluding tert-OH is 1. The largest absolute Gasteiger partial charge is 0.497 e. The minimum Gasteiger partial charge on any atom is -0.497 e. The third kappa shape index (κ3) is 5.06. The molecule has 1 N–H and O–H groups in total. The molecule has 1 rings (SSSR count). The molecule has 3 heteroatoms. The van der Waals surface area contributed by atoms with Gasteiger partial charge in [0.1, 0.15) is 11.5 Å². The number of allylic oxidation sites excluding steroid dienone is 3. The van der Waals surface area contributed by atoms with Crippen molar-refractivity contribution in [1.82, 2.24) is 0 Å². The predicted molar refractivity (Wildman–Crippen MR) is 74.0 cm³/mol. The zero-order chi connectivity index (χ0) is 13.2. The third-order valence-electron chi connectivity index (χ3n) is 2.44. The smallest absolute Gasteiger partial charge is 0.123 e. The highest BCUT2D eigenvalue weighted by Gasteiger charge is 1.98. The summed E-state index contributed by atoms with van der Waals surface area (Å²) in [5.41, 5.74) is 1.03. The van der Waals surface area contributed by atoms with Crippen LogP contribution in [0.4, 0.5) is 0 Å². The van der Waals surface area contributed by atoms with Crippen molar-refractivity contribution < 1.29 is 14.6 Å². The van der Waals surface area contributed by atoms with Gasteiger partial charge in [0.05, 0.1) is 14.2 Å². The monoisotopic (exact) mass is 248 g/mol. The summed E-state index contributed by atoms with van der Waals surface area (Å²) < 4.78 is 10.4. The van der Waals surface area contributed by atoms with E-state index >= 15 is 0 Å². The Morgan fingerprint density at radius 3 is 2.28 bits per heavy atom. The average molecular weight is 248 g/mol. The Balaban J connectivity index is 2.65. The highest BCUT2D eigenvalue weighted by atomic mass is 16.5. The van der Waals surface area contributed by atoms with Crippen molar-refractivity contribution in [2.75, 3.05) is 20.8 Å². The van der Waals surface area contributed by atoms with Crippen molar-refractivity contribution in [2.24, 2.45) is 0 Å². The molecule has 0 radical (unpaired) electrons. The van der Waals surface area contributed by atoms with Gasteiger partial charge in [-0.2, -0.15) is 0 Å². The fraction of sp³-hybridized carbons (Fsp3) is 0.333. The first-order chi connectivity index (χ1) is 8.80.